The number of hydrogen-bond donors (Lipinski definition) is 2. The number of piperidine rings is 1. The molecule has 0 aliphatic carbocycles. The number of methoxy groups -OCH3 is 1. The Balaban J connectivity index is 2.08. The van der Waals surface area contributed by atoms with E-state index >= 15 is 0 Å². The van der Waals surface area contributed by atoms with E-state index in [0.717, 1.165) is 5.56 Å². The highest BCUT2D eigenvalue weighted by atomic mass is 35.5. The molecule has 6 nitrogen and oxygen atoms in total. The van der Waals surface area contributed by atoms with E-state index in [0.29, 0.717) is 24.6 Å². The monoisotopic (exact) mass is 354 g/mol. The number of urea groups is 1. The molecule has 0 bridgehead atoms. The van der Waals surface area contributed by atoms with Crippen molar-refractivity contribution in [1.82, 2.24) is 10.2 Å². The fraction of sp³-hybridized carbons (Fsp3) is 0.529. The number of rotatable bonds is 5. The number of carboxylic acid groups (broad SMARTS) is 1. The Bertz CT molecular complexity index is 596. The Morgan fingerprint density at radius 2 is 2.21 bits per heavy atom. The number of halogens is 1. The first-order chi connectivity index (χ1) is 11.4. The molecular weight excluding hydrogens is 332 g/mol. The van der Waals surface area contributed by atoms with E-state index in [2.05, 4.69) is 5.32 Å². The van der Waals surface area contributed by atoms with Crippen molar-refractivity contribution in [3.8, 4) is 0 Å². The summed E-state index contributed by atoms with van der Waals surface area (Å²) in [6.07, 6.45) is 0.592. The van der Waals surface area contributed by atoms with E-state index < -0.39 is 11.9 Å². The third-order valence-corrected chi connectivity index (χ3v) is 4.41. The summed E-state index contributed by atoms with van der Waals surface area (Å²) in [7, 11) is 1.56. The molecule has 24 heavy (non-hydrogen) atoms. The minimum Gasteiger partial charge on any atom is -0.481 e. The molecule has 1 aliphatic heterocycles. The smallest absolute Gasteiger partial charge is 0.317 e. The molecule has 0 radical (unpaired) electrons. The van der Waals surface area contributed by atoms with E-state index in [1.807, 2.05) is 19.1 Å². The molecule has 1 aliphatic rings. The van der Waals surface area contributed by atoms with Gasteiger partial charge in [-0.1, -0.05) is 30.7 Å². The summed E-state index contributed by atoms with van der Waals surface area (Å²) in [6, 6.07) is 6.60. The number of likely N-dealkylation sites (tertiary alicyclic amines) is 1. The number of amides is 2. The topological polar surface area (TPSA) is 78.9 Å². The molecule has 132 valence electrons. The lowest BCUT2D eigenvalue weighted by atomic mass is 9.91. The molecule has 7 heteroatoms. The van der Waals surface area contributed by atoms with Crippen molar-refractivity contribution in [2.75, 3.05) is 26.8 Å². The number of hydrogen-bond acceptors (Lipinski definition) is 3. The quantitative estimate of drug-likeness (QED) is 0.852. The summed E-state index contributed by atoms with van der Waals surface area (Å²) >= 11 is 6.02. The van der Waals surface area contributed by atoms with Crippen molar-refractivity contribution in [2.45, 2.75) is 19.4 Å². The highest BCUT2D eigenvalue weighted by molar-refractivity contribution is 6.30. The predicted octanol–water partition coefficient (Wildman–Crippen LogP) is 2.78. The number of nitrogens with zero attached hydrogens (tertiary/aromatic N) is 1. The van der Waals surface area contributed by atoms with Gasteiger partial charge in [0.05, 0.1) is 18.6 Å². The van der Waals surface area contributed by atoms with Crippen molar-refractivity contribution in [3.63, 3.8) is 0 Å². The highest BCUT2D eigenvalue weighted by Gasteiger charge is 2.32. The molecule has 1 saturated heterocycles. The summed E-state index contributed by atoms with van der Waals surface area (Å²) in [6.45, 7) is 3.03. The van der Waals surface area contributed by atoms with E-state index in [1.165, 1.54) is 0 Å². The number of carbonyl (C=O) groups excluding carboxylic acids is 1. The van der Waals surface area contributed by atoms with Crippen LogP contribution in [0, 0.1) is 11.8 Å². The van der Waals surface area contributed by atoms with Gasteiger partial charge >= 0.3 is 12.0 Å². The maximum absolute atomic E-state index is 12.6. The van der Waals surface area contributed by atoms with E-state index in [9.17, 15) is 14.7 Å². The van der Waals surface area contributed by atoms with Crippen LogP contribution in [-0.2, 0) is 9.53 Å². The molecule has 2 rings (SSSR count). The standard InChI is InChI=1S/C17H23ClN2O4/c1-11-6-13(16(21)22)9-20(8-11)17(23)19-15(10-24-2)12-4-3-5-14(18)7-12/h3-5,7,11,13,15H,6,8-10H2,1-2H3,(H,19,23)(H,21,22). The number of carboxylic acids is 1. The van der Waals surface area contributed by atoms with Crippen LogP contribution < -0.4 is 5.32 Å². The summed E-state index contributed by atoms with van der Waals surface area (Å²) in [5, 5.41) is 12.7. The summed E-state index contributed by atoms with van der Waals surface area (Å²) in [5.74, 6) is -1.23. The molecule has 0 aromatic heterocycles. The summed E-state index contributed by atoms with van der Waals surface area (Å²) < 4.78 is 5.20. The van der Waals surface area contributed by atoms with Crippen LogP contribution in [0.25, 0.3) is 0 Å². The number of nitrogens with one attached hydrogen (secondary N) is 1. The Morgan fingerprint density at radius 1 is 1.46 bits per heavy atom. The maximum atomic E-state index is 12.6. The first kappa shape index (κ1) is 18.5. The molecule has 2 amide bonds. The number of ether oxygens (including phenoxy) is 1. The second-order valence-corrected chi connectivity index (χ2v) is 6.73. The molecule has 1 fully saturated rings. The van der Waals surface area contributed by atoms with Gasteiger partial charge in [-0.15, -0.1) is 0 Å². The van der Waals surface area contributed by atoms with Crippen LogP contribution in [-0.4, -0.2) is 48.8 Å². The average Bonchev–Trinajstić information content (AvgIpc) is 2.53. The Morgan fingerprint density at radius 3 is 2.83 bits per heavy atom. The molecule has 3 unspecified atom stereocenters. The zero-order chi connectivity index (χ0) is 17.7. The van der Waals surface area contributed by atoms with Gasteiger partial charge in [-0.2, -0.15) is 0 Å². The molecule has 1 aromatic carbocycles. The molecule has 0 saturated carbocycles. The van der Waals surface area contributed by atoms with Gasteiger partial charge in [0.15, 0.2) is 0 Å². The van der Waals surface area contributed by atoms with Gasteiger partial charge in [0.1, 0.15) is 0 Å². The molecule has 0 spiro atoms. The molecular formula is C17H23ClN2O4. The van der Waals surface area contributed by atoms with Gasteiger partial charge in [-0.3, -0.25) is 4.79 Å². The normalized spacial score (nSPS) is 22.0. The Labute approximate surface area is 146 Å². The van der Waals surface area contributed by atoms with Crippen LogP contribution >= 0.6 is 11.6 Å². The van der Waals surface area contributed by atoms with Crippen LogP contribution in [0.5, 0.6) is 0 Å². The molecule has 3 atom stereocenters. The van der Waals surface area contributed by atoms with Gasteiger partial charge in [0.25, 0.3) is 0 Å². The van der Waals surface area contributed by atoms with E-state index in [-0.39, 0.29) is 24.5 Å². The number of aliphatic carboxylic acids is 1. The van der Waals surface area contributed by atoms with E-state index in [4.69, 9.17) is 16.3 Å². The second-order valence-electron chi connectivity index (χ2n) is 6.29. The third kappa shape index (κ3) is 4.85. The zero-order valence-electron chi connectivity index (χ0n) is 13.9. The van der Waals surface area contributed by atoms with Crippen molar-refractivity contribution < 1.29 is 19.4 Å². The largest absolute Gasteiger partial charge is 0.481 e. The third-order valence-electron chi connectivity index (χ3n) is 4.18. The van der Waals surface area contributed by atoms with Crippen LogP contribution in [0.4, 0.5) is 4.79 Å². The van der Waals surface area contributed by atoms with Gasteiger partial charge in [0.2, 0.25) is 0 Å². The molecule has 1 aromatic rings. The van der Waals surface area contributed by atoms with Crippen LogP contribution in [0.3, 0.4) is 0 Å². The lowest BCUT2D eigenvalue weighted by molar-refractivity contribution is -0.143. The summed E-state index contributed by atoms with van der Waals surface area (Å²) in [4.78, 5) is 25.4. The maximum Gasteiger partial charge on any atom is 0.317 e. The Hall–Kier alpha value is -1.79. The second kappa shape index (κ2) is 8.35. The average molecular weight is 355 g/mol. The number of benzene rings is 1. The van der Waals surface area contributed by atoms with Gasteiger partial charge in [0, 0.05) is 25.2 Å². The van der Waals surface area contributed by atoms with Crippen molar-refractivity contribution >= 4 is 23.6 Å². The molecule has 1 heterocycles. The lowest BCUT2D eigenvalue weighted by Crippen LogP contribution is -2.50. The molecule has 2 N–H and O–H groups in total. The lowest BCUT2D eigenvalue weighted by Gasteiger charge is -2.35. The van der Waals surface area contributed by atoms with Gasteiger partial charge in [-0.25, -0.2) is 4.79 Å². The zero-order valence-corrected chi connectivity index (χ0v) is 14.6. The van der Waals surface area contributed by atoms with Gasteiger partial charge < -0.3 is 20.1 Å². The summed E-state index contributed by atoms with van der Waals surface area (Å²) in [5.41, 5.74) is 0.845. The number of carbonyl (C=O) groups is 2. The van der Waals surface area contributed by atoms with Crippen LogP contribution in [0.2, 0.25) is 5.02 Å². The predicted molar refractivity (Wildman–Crippen MR) is 91.1 cm³/mol. The van der Waals surface area contributed by atoms with E-state index in [1.54, 1.807) is 24.1 Å². The first-order valence-corrected chi connectivity index (χ1v) is 8.31. The van der Waals surface area contributed by atoms with Crippen molar-refractivity contribution in [2.24, 2.45) is 11.8 Å². The van der Waals surface area contributed by atoms with Crippen LogP contribution in [0.1, 0.15) is 24.9 Å². The Kier molecular flexibility index (Phi) is 6.45. The van der Waals surface area contributed by atoms with Crippen molar-refractivity contribution in [3.05, 3.63) is 34.9 Å². The van der Waals surface area contributed by atoms with Crippen LogP contribution in [0.15, 0.2) is 24.3 Å². The fourth-order valence-corrected chi connectivity index (χ4v) is 3.25. The highest BCUT2D eigenvalue weighted by Crippen LogP contribution is 2.23. The first-order valence-electron chi connectivity index (χ1n) is 7.93. The van der Waals surface area contributed by atoms with Crippen molar-refractivity contribution in [1.29, 1.82) is 0 Å². The SMILES string of the molecule is COCC(NC(=O)N1CC(C)CC(C(=O)O)C1)c1cccc(Cl)c1. The fourth-order valence-electron chi connectivity index (χ4n) is 3.05. The minimum absolute atomic E-state index is 0.151. The minimum atomic E-state index is -0.859. The van der Waals surface area contributed by atoms with Gasteiger partial charge in [-0.05, 0) is 30.0 Å².